The first-order chi connectivity index (χ1) is 17.8. The Bertz CT molecular complexity index is 1660. The maximum Gasteiger partial charge on any atom is 0.268 e. The highest BCUT2D eigenvalue weighted by Crippen LogP contribution is 2.27. The molecule has 0 aliphatic carbocycles. The van der Waals surface area contributed by atoms with Crippen molar-refractivity contribution >= 4 is 22.6 Å². The average molecular weight is 521 g/mol. The maximum atomic E-state index is 14.0. The van der Waals surface area contributed by atoms with Gasteiger partial charge in [0.2, 0.25) is 11.9 Å². The predicted molar refractivity (Wildman–Crippen MR) is 131 cm³/mol. The lowest BCUT2D eigenvalue weighted by Gasteiger charge is -2.10. The van der Waals surface area contributed by atoms with E-state index in [4.69, 9.17) is 0 Å². The van der Waals surface area contributed by atoms with Crippen LogP contribution in [0.5, 0.6) is 0 Å². The molecule has 4 aromatic heterocycles. The summed E-state index contributed by atoms with van der Waals surface area (Å²) in [6.07, 6.45) is 6.54. The maximum absolute atomic E-state index is 14.0. The van der Waals surface area contributed by atoms with E-state index in [0.717, 1.165) is 10.2 Å². The molecule has 0 aliphatic rings. The first-order valence-corrected chi connectivity index (χ1v) is 12.1. The number of halogens is 2. The highest BCUT2D eigenvalue weighted by atomic mass is 32.2. The van der Waals surface area contributed by atoms with Crippen LogP contribution >= 0.6 is 0 Å². The molecule has 0 spiro atoms. The predicted octanol–water partition coefficient (Wildman–Crippen LogP) is 4.77. The first kappa shape index (κ1) is 25.3. The number of nitrogens with one attached hydrogen (secondary N) is 1. The molecular weight excluding hydrogens is 502 g/mol. The Labute approximate surface area is 210 Å². The Kier molecular flexibility index (Phi) is 7.44. The number of carbonyl (C=O) groups is 2. The zero-order chi connectivity index (χ0) is 26.4. The minimum Gasteiger partial charge on any atom is -0.360 e. The SMILES string of the molecule is O=Cc1c[nH]c(-c2cccnc2F)c1.O=Cc1cc(-c2cccnc2F)n(S(=O)(=O)c2ccccc2)c1. The number of nitrogens with zero attached hydrogens (tertiary/aromatic N) is 3. The fourth-order valence-corrected chi connectivity index (χ4v) is 4.83. The lowest BCUT2D eigenvalue weighted by molar-refractivity contribution is 0.111. The Hall–Kier alpha value is -4.77. The summed E-state index contributed by atoms with van der Waals surface area (Å²) < 4.78 is 53.6. The van der Waals surface area contributed by atoms with Gasteiger partial charge in [-0.15, -0.1) is 0 Å². The molecule has 0 amide bonds. The second kappa shape index (κ2) is 10.9. The third kappa shape index (κ3) is 5.41. The van der Waals surface area contributed by atoms with E-state index in [0.29, 0.717) is 29.4 Å². The largest absolute Gasteiger partial charge is 0.360 e. The van der Waals surface area contributed by atoms with Crippen LogP contribution in [0.2, 0.25) is 0 Å². The van der Waals surface area contributed by atoms with E-state index in [-0.39, 0.29) is 21.7 Å². The molecule has 0 unspecified atom stereocenters. The van der Waals surface area contributed by atoms with Crippen LogP contribution in [0.15, 0.2) is 96.4 Å². The van der Waals surface area contributed by atoms with Crippen LogP contribution in [0.4, 0.5) is 8.78 Å². The number of H-pyrrole nitrogens is 1. The molecule has 5 aromatic rings. The first-order valence-electron chi connectivity index (χ1n) is 10.7. The van der Waals surface area contributed by atoms with Gasteiger partial charge in [0.1, 0.15) is 0 Å². The Morgan fingerprint density at radius 1 is 0.784 bits per heavy atom. The van der Waals surface area contributed by atoms with E-state index in [2.05, 4.69) is 15.0 Å². The van der Waals surface area contributed by atoms with E-state index in [1.165, 1.54) is 48.9 Å². The van der Waals surface area contributed by atoms with Crippen molar-refractivity contribution in [1.82, 2.24) is 18.9 Å². The lowest BCUT2D eigenvalue weighted by Crippen LogP contribution is -2.13. The topological polar surface area (TPSA) is 115 Å². The standard InChI is InChI=1S/C16H11FN2O3S.C10H7FN2O/c17-16-14(7-4-8-18-16)15-9-12(11-20)10-19(15)23(21,22)13-5-2-1-3-6-13;11-10-8(2-1-3-12-10)9-4-7(6-14)5-13-9/h1-11H;1-6,13H. The molecule has 1 aromatic carbocycles. The number of aromatic nitrogens is 4. The fourth-order valence-electron chi connectivity index (χ4n) is 3.43. The van der Waals surface area contributed by atoms with Crippen LogP contribution in [0.3, 0.4) is 0 Å². The van der Waals surface area contributed by atoms with Gasteiger partial charge in [0.15, 0.2) is 12.6 Å². The molecule has 0 saturated carbocycles. The summed E-state index contributed by atoms with van der Waals surface area (Å²) in [5.74, 6) is -1.36. The smallest absolute Gasteiger partial charge is 0.268 e. The van der Waals surface area contributed by atoms with Crippen molar-refractivity contribution in [1.29, 1.82) is 0 Å². The van der Waals surface area contributed by atoms with E-state index in [1.807, 2.05) is 0 Å². The minimum absolute atomic E-state index is 0.0000983. The van der Waals surface area contributed by atoms with Crippen molar-refractivity contribution in [3.8, 4) is 22.5 Å². The van der Waals surface area contributed by atoms with Gasteiger partial charge in [-0.1, -0.05) is 18.2 Å². The van der Waals surface area contributed by atoms with Crippen LogP contribution in [0, 0.1) is 11.9 Å². The van der Waals surface area contributed by atoms with Crippen LogP contribution in [0.1, 0.15) is 20.7 Å². The molecular formula is C26H18F2N4O4S. The molecule has 186 valence electrons. The minimum atomic E-state index is -3.96. The van der Waals surface area contributed by atoms with E-state index >= 15 is 0 Å². The number of hydrogen-bond acceptors (Lipinski definition) is 6. The molecule has 37 heavy (non-hydrogen) atoms. The van der Waals surface area contributed by atoms with Crippen molar-refractivity contribution in [2.45, 2.75) is 4.90 Å². The Morgan fingerprint density at radius 3 is 1.97 bits per heavy atom. The number of pyridine rings is 2. The van der Waals surface area contributed by atoms with Crippen LogP contribution in [-0.2, 0) is 10.0 Å². The monoisotopic (exact) mass is 520 g/mol. The summed E-state index contributed by atoms with van der Waals surface area (Å²) in [6, 6.07) is 16.7. The molecule has 4 heterocycles. The molecule has 0 aliphatic heterocycles. The molecule has 0 saturated heterocycles. The van der Waals surface area contributed by atoms with Gasteiger partial charge in [0.05, 0.1) is 27.4 Å². The van der Waals surface area contributed by atoms with Gasteiger partial charge in [-0.2, -0.15) is 8.78 Å². The number of aromatic amines is 1. The van der Waals surface area contributed by atoms with Crippen LogP contribution < -0.4 is 0 Å². The second-order valence-electron chi connectivity index (χ2n) is 7.54. The summed E-state index contributed by atoms with van der Waals surface area (Å²) in [7, 11) is -3.96. The summed E-state index contributed by atoms with van der Waals surface area (Å²) in [5, 5.41) is 0. The molecule has 11 heteroatoms. The molecule has 0 atom stereocenters. The number of carbonyl (C=O) groups excluding carboxylic acids is 2. The summed E-state index contributed by atoms with van der Waals surface area (Å²) in [4.78, 5) is 31.3. The van der Waals surface area contributed by atoms with Crippen molar-refractivity contribution < 1.29 is 26.8 Å². The van der Waals surface area contributed by atoms with Crippen molar-refractivity contribution in [2.24, 2.45) is 0 Å². The summed E-state index contributed by atoms with van der Waals surface area (Å²) in [5.41, 5.74) is 1.57. The quantitative estimate of drug-likeness (QED) is 0.255. The van der Waals surface area contributed by atoms with Gasteiger partial charge in [0, 0.05) is 35.9 Å². The third-order valence-electron chi connectivity index (χ3n) is 5.17. The van der Waals surface area contributed by atoms with E-state index < -0.39 is 21.9 Å². The zero-order valence-corrected chi connectivity index (χ0v) is 19.8. The van der Waals surface area contributed by atoms with Gasteiger partial charge >= 0.3 is 0 Å². The number of hydrogen-bond donors (Lipinski definition) is 1. The zero-order valence-electron chi connectivity index (χ0n) is 19.0. The number of benzene rings is 1. The average Bonchev–Trinajstić information content (AvgIpc) is 3.58. The Morgan fingerprint density at radius 2 is 1.41 bits per heavy atom. The van der Waals surface area contributed by atoms with Gasteiger partial charge < -0.3 is 4.98 Å². The van der Waals surface area contributed by atoms with Gasteiger partial charge in [0.25, 0.3) is 10.0 Å². The number of aldehydes is 2. The number of rotatable bonds is 6. The van der Waals surface area contributed by atoms with Gasteiger partial charge in [-0.3, -0.25) is 9.59 Å². The Balaban J connectivity index is 0.000000195. The van der Waals surface area contributed by atoms with Gasteiger partial charge in [-0.25, -0.2) is 22.4 Å². The van der Waals surface area contributed by atoms with Crippen molar-refractivity contribution in [3.63, 3.8) is 0 Å². The molecule has 5 rings (SSSR count). The molecule has 8 nitrogen and oxygen atoms in total. The van der Waals surface area contributed by atoms with E-state index in [1.54, 1.807) is 36.4 Å². The van der Waals surface area contributed by atoms with Crippen molar-refractivity contribution in [2.75, 3.05) is 0 Å². The summed E-state index contributed by atoms with van der Waals surface area (Å²) >= 11 is 0. The van der Waals surface area contributed by atoms with Crippen LogP contribution in [0.25, 0.3) is 22.5 Å². The highest BCUT2D eigenvalue weighted by Gasteiger charge is 2.23. The van der Waals surface area contributed by atoms with Crippen molar-refractivity contribution in [3.05, 3.63) is 115 Å². The molecule has 0 radical (unpaired) electrons. The third-order valence-corrected chi connectivity index (χ3v) is 6.86. The van der Waals surface area contributed by atoms with Gasteiger partial charge in [-0.05, 0) is 48.5 Å². The second-order valence-corrected chi connectivity index (χ2v) is 9.35. The van der Waals surface area contributed by atoms with Crippen LogP contribution in [-0.4, -0.2) is 39.9 Å². The molecule has 0 fully saturated rings. The summed E-state index contributed by atoms with van der Waals surface area (Å²) in [6.45, 7) is 0. The van der Waals surface area contributed by atoms with E-state index in [9.17, 15) is 26.8 Å². The molecule has 1 N–H and O–H groups in total. The highest BCUT2D eigenvalue weighted by molar-refractivity contribution is 7.90. The molecule has 0 bridgehead atoms. The lowest BCUT2D eigenvalue weighted by atomic mass is 10.2. The normalized spacial score (nSPS) is 10.9. The fraction of sp³-hybridized carbons (Fsp3) is 0.